The largest absolute Gasteiger partial charge is 0.481 e. The molecule has 122 valence electrons. The Hall–Kier alpha value is -1.36. The van der Waals surface area contributed by atoms with Crippen molar-refractivity contribution >= 4 is 5.82 Å². The molecule has 0 radical (unpaired) electrons. The van der Waals surface area contributed by atoms with E-state index in [1.165, 1.54) is 38.9 Å². The summed E-state index contributed by atoms with van der Waals surface area (Å²) in [6.45, 7) is 10.5. The Kier molecular flexibility index (Phi) is 4.52. The molecule has 3 rings (SSSR count). The Morgan fingerprint density at radius 2 is 2.09 bits per heavy atom. The first-order chi connectivity index (χ1) is 10.6. The van der Waals surface area contributed by atoms with Gasteiger partial charge >= 0.3 is 0 Å². The fraction of sp³-hybridized carbons (Fsp3) is 0.765. The van der Waals surface area contributed by atoms with Crippen LogP contribution in [0.1, 0.15) is 33.1 Å². The Morgan fingerprint density at radius 3 is 2.86 bits per heavy atom. The molecule has 2 fully saturated rings. The number of hydrogen-bond donors (Lipinski definition) is 0. The molecule has 0 unspecified atom stereocenters. The average Bonchev–Trinajstić information content (AvgIpc) is 2.88. The highest BCUT2D eigenvalue weighted by atomic mass is 16.5. The third-order valence-corrected chi connectivity index (χ3v) is 4.96. The minimum Gasteiger partial charge on any atom is -0.481 e. The highest BCUT2D eigenvalue weighted by molar-refractivity contribution is 5.41. The lowest BCUT2D eigenvalue weighted by Crippen LogP contribution is -2.45. The zero-order valence-electron chi connectivity index (χ0n) is 14.1. The topological polar surface area (TPSA) is 41.5 Å². The van der Waals surface area contributed by atoms with Crippen molar-refractivity contribution in [3.8, 4) is 5.88 Å². The first-order valence-electron chi connectivity index (χ1n) is 8.44. The highest BCUT2D eigenvalue weighted by Gasteiger charge is 2.41. The Balaban J connectivity index is 1.69. The van der Waals surface area contributed by atoms with Gasteiger partial charge in [-0.15, -0.1) is 0 Å². The van der Waals surface area contributed by atoms with Crippen molar-refractivity contribution in [3.05, 3.63) is 12.4 Å². The minimum absolute atomic E-state index is 0.450. The van der Waals surface area contributed by atoms with Gasteiger partial charge in [-0.2, -0.15) is 0 Å². The zero-order chi connectivity index (χ0) is 15.6. The summed E-state index contributed by atoms with van der Waals surface area (Å²) in [5.74, 6) is 2.41. The summed E-state index contributed by atoms with van der Waals surface area (Å²) < 4.78 is 5.24. The number of piperidine rings is 1. The van der Waals surface area contributed by atoms with Gasteiger partial charge in [0.05, 0.1) is 7.11 Å². The number of nitrogens with zero attached hydrogens (tertiary/aromatic N) is 4. The molecule has 1 aromatic rings. The van der Waals surface area contributed by atoms with Crippen molar-refractivity contribution in [1.29, 1.82) is 0 Å². The summed E-state index contributed by atoms with van der Waals surface area (Å²) in [4.78, 5) is 13.6. The standard InChI is InChI=1S/C17H28N4O/c1-14(2)10-20-8-6-17(11-20)5-4-7-21(12-17)15-9-16(22-3)19-13-18-15/h9,13-14H,4-8,10-12H2,1-3H3/t17-/m1/s1. The van der Waals surface area contributed by atoms with Crippen LogP contribution in [0.3, 0.4) is 0 Å². The minimum atomic E-state index is 0.450. The van der Waals surface area contributed by atoms with Gasteiger partial charge in [-0.25, -0.2) is 9.97 Å². The van der Waals surface area contributed by atoms with Crippen LogP contribution in [0.5, 0.6) is 5.88 Å². The third kappa shape index (κ3) is 3.35. The van der Waals surface area contributed by atoms with Gasteiger partial charge in [0.25, 0.3) is 0 Å². The summed E-state index contributed by atoms with van der Waals surface area (Å²) >= 11 is 0. The number of likely N-dealkylation sites (tertiary alicyclic amines) is 1. The molecule has 5 nitrogen and oxygen atoms in total. The van der Waals surface area contributed by atoms with Crippen molar-refractivity contribution in [2.75, 3.05) is 44.7 Å². The van der Waals surface area contributed by atoms with Crippen molar-refractivity contribution in [2.24, 2.45) is 11.3 Å². The van der Waals surface area contributed by atoms with E-state index in [1.807, 2.05) is 6.07 Å². The fourth-order valence-corrected chi connectivity index (χ4v) is 4.05. The lowest BCUT2D eigenvalue weighted by molar-refractivity contribution is 0.209. The first kappa shape index (κ1) is 15.5. The lowest BCUT2D eigenvalue weighted by atomic mass is 9.79. The van der Waals surface area contributed by atoms with Crippen LogP contribution in [-0.4, -0.2) is 54.7 Å². The molecular formula is C17H28N4O. The van der Waals surface area contributed by atoms with Gasteiger partial charge in [0.1, 0.15) is 12.1 Å². The predicted molar refractivity (Wildman–Crippen MR) is 88.4 cm³/mol. The van der Waals surface area contributed by atoms with Crippen LogP contribution in [0, 0.1) is 11.3 Å². The van der Waals surface area contributed by atoms with Gasteiger partial charge < -0.3 is 14.5 Å². The molecule has 0 bridgehead atoms. The number of ether oxygens (including phenoxy) is 1. The van der Waals surface area contributed by atoms with E-state index in [9.17, 15) is 0 Å². The van der Waals surface area contributed by atoms with Crippen molar-refractivity contribution in [2.45, 2.75) is 33.1 Å². The molecule has 2 aliphatic rings. The number of rotatable bonds is 4. The second kappa shape index (κ2) is 6.41. The van der Waals surface area contributed by atoms with Gasteiger partial charge in [-0.3, -0.25) is 0 Å². The molecule has 2 saturated heterocycles. The van der Waals surface area contributed by atoms with Crippen LogP contribution < -0.4 is 9.64 Å². The van der Waals surface area contributed by atoms with Gasteiger partial charge in [-0.05, 0) is 31.7 Å². The van der Waals surface area contributed by atoms with E-state index in [1.54, 1.807) is 13.4 Å². The van der Waals surface area contributed by atoms with Crippen LogP contribution >= 0.6 is 0 Å². The molecule has 1 atom stereocenters. The molecule has 1 aromatic heterocycles. The molecule has 3 heterocycles. The SMILES string of the molecule is COc1cc(N2CCC[C@]3(CCN(CC(C)C)C3)C2)ncn1. The van der Waals surface area contributed by atoms with Gasteiger partial charge in [0.2, 0.25) is 5.88 Å². The van der Waals surface area contributed by atoms with Crippen molar-refractivity contribution in [3.63, 3.8) is 0 Å². The van der Waals surface area contributed by atoms with Gasteiger partial charge in [0, 0.05) is 37.7 Å². The maximum atomic E-state index is 5.24. The number of anilines is 1. The molecule has 0 aromatic carbocycles. The summed E-state index contributed by atoms with van der Waals surface area (Å²) in [5, 5.41) is 0. The molecule has 2 aliphatic heterocycles. The normalized spacial score (nSPS) is 26.1. The van der Waals surface area contributed by atoms with E-state index < -0.39 is 0 Å². The summed E-state index contributed by atoms with van der Waals surface area (Å²) in [7, 11) is 1.66. The lowest BCUT2D eigenvalue weighted by Gasteiger charge is -2.41. The van der Waals surface area contributed by atoms with E-state index in [-0.39, 0.29) is 0 Å². The van der Waals surface area contributed by atoms with Crippen LogP contribution in [0.25, 0.3) is 0 Å². The number of aromatic nitrogens is 2. The smallest absolute Gasteiger partial charge is 0.218 e. The monoisotopic (exact) mass is 304 g/mol. The number of hydrogen-bond acceptors (Lipinski definition) is 5. The maximum absolute atomic E-state index is 5.24. The van der Waals surface area contributed by atoms with E-state index in [0.29, 0.717) is 11.3 Å². The third-order valence-electron chi connectivity index (χ3n) is 4.96. The summed E-state index contributed by atoms with van der Waals surface area (Å²) in [6, 6.07) is 1.96. The Bertz CT molecular complexity index is 507. The van der Waals surface area contributed by atoms with Crippen molar-refractivity contribution < 1.29 is 4.74 Å². The van der Waals surface area contributed by atoms with Crippen LogP contribution in [0.2, 0.25) is 0 Å². The zero-order valence-corrected chi connectivity index (χ0v) is 14.1. The molecule has 1 spiro atoms. The Labute approximate surface area is 133 Å². The van der Waals surface area contributed by atoms with Crippen LogP contribution in [-0.2, 0) is 0 Å². The van der Waals surface area contributed by atoms with Crippen molar-refractivity contribution in [1.82, 2.24) is 14.9 Å². The molecule has 0 amide bonds. The molecule has 0 aliphatic carbocycles. The Morgan fingerprint density at radius 1 is 1.23 bits per heavy atom. The summed E-state index contributed by atoms with van der Waals surface area (Å²) in [5.41, 5.74) is 0.450. The molecule has 22 heavy (non-hydrogen) atoms. The van der Waals surface area contributed by atoms with Gasteiger partial charge in [-0.1, -0.05) is 13.8 Å². The van der Waals surface area contributed by atoms with E-state index in [4.69, 9.17) is 4.74 Å². The van der Waals surface area contributed by atoms with Crippen LogP contribution in [0.15, 0.2) is 12.4 Å². The molecular weight excluding hydrogens is 276 g/mol. The maximum Gasteiger partial charge on any atom is 0.218 e. The van der Waals surface area contributed by atoms with E-state index >= 15 is 0 Å². The van der Waals surface area contributed by atoms with E-state index in [2.05, 4.69) is 33.6 Å². The molecule has 0 N–H and O–H groups in total. The number of methoxy groups -OCH3 is 1. The van der Waals surface area contributed by atoms with E-state index in [0.717, 1.165) is 24.8 Å². The quantitative estimate of drug-likeness (QED) is 0.854. The molecule has 0 saturated carbocycles. The predicted octanol–water partition coefficient (Wildman–Crippen LogP) is 2.43. The second-order valence-corrected chi connectivity index (χ2v) is 7.32. The average molecular weight is 304 g/mol. The first-order valence-corrected chi connectivity index (χ1v) is 8.44. The van der Waals surface area contributed by atoms with Crippen LogP contribution in [0.4, 0.5) is 5.82 Å². The summed E-state index contributed by atoms with van der Waals surface area (Å²) in [6.07, 6.45) is 5.52. The molecule has 5 heteroatoms. The van der Waals surface area contributed by atoms with Gasteiger partial charge in [0.15, 0.2) is 0 Å². The fourth-order valence-electron chi connectivity index (χ4n) is 4.05. The second-order valence-electron chi connectivity index (χ2n) is 7.32. The highest BCUT2D eigenvalue weighted by Crippen LogP contribution is 2.40.